The first-order valence-corrected chi connectivity index (χ1v) is 7.79. The maximum Gasteiger partial charge on any atom is 0.279 e. The second kappa shape index (κ2) is 8.54. The van der Waals surface area contributed by atoms with Gasteiger partial charge < -0.3 is 25.0 Å². The van der Waals surface area contributed by atoms with Crippen molar-refractivity contribution in [3.8, 4) is 11.5 Å². The second-order valence-corrected chi connectivity index (χ2v) is 6.72. The van der Waals surface area contributed by atoms with Gasteiger partial charge in [-0.15, -0.1) is 0 Å². The molecule has 0 aliphatic rings. The van der Waals surface area contributed by atoms with Crippen LogP contribution in [0.1, 0.15) is 20.8 Å². The number of quaternary nitrogens is 1. The molecule has 3 N–H and O–H groups in total. The van der Waals surface area contributed by atoms with Crippen LogP contribution in [0.15, 0.2) is 18.2 Å². The zero-order chi connectivity index (χ0) is 18.3. The lowest BCUT2D eigenvalue weighted by molar-refractivity contribution is -0.862. The van der Waals surface area contributed by atoms with Gasteiger partial charge >= 0.3 is 0 Å². The minimum absolute atomic E-state index is 0.0881. The van der Waals surface area contributed by atoms with Gasteiger partial charge in [-0.3, -0.25) is 9.59 Å². The van der Waals surface area contributed by atoms with E-state index in [0.717, 1.165) is 4.90 Å². The van der Waals surface area contributed by atoms with Crippen LogP contribution in [0.4, 0.5) is 5.69 Å². The van der Waals surface area contributed by atoms with E-state index in [0.29, 0.717) is 17.2 Å². The SMILES string of the molecule is COc1ccc(NC(=O)C[NH+](C)CC(=O)NC(C)(C)C)c(OC)c1. The Morgan fingerprint density at radius 3 is 2.25 bits per heavy atom. The zero-order valence-electron chi connectivity index (χ0n) is 15.3. The lowest BCUT2D eigenvalue weighted by atomic mass is 10.1. The number of nitrogens with one attached hydrogen (secondary N) is 3. The fraction of sp³-hybridized carbons (Fsp3) is 0.529. The number of rotatable bonds is 7. The Labute approximate surface area is 143 Å². The molecule has 7 heteroatoms. The highest BCUT2D eigenvalue weighted by Crippen LogP contribution is 2.28. The minimum Gasteiger partial charge on any atom is -0.497 e. The number of amides is 2. The van der Waals surface area contributed by atoms with Crippen LogP contribution in [-0.2, 0) is 9.59 Å². The number of likely N-dealkylation sites (N-methyl/N-ethyl adjacent to an activating group) is 1. The highest BCUT2D eigenvalue weighted by atomic mass is 16.5. The summed E-state index contributed by atoms with van der Waals surface area (Å²) in [5.41, 5.74) is 0.283. The fourth-order valence-corrected chi connectivity index (χ4v) is 2.17. The van der Waals surface area contributed by atoms with Crippen molar-refractivity contribution in [2.45, 2.75) is 26.3 Å². The summed E-state index contributed by atoms with van der Waals surface area (Å²) in [6, 6.07) is 5.16. The Morgan fingerprint density at radius 1 is 1.08 bits per heavy atom. The van der Waals surface area contributed by atoms with Gasteiger partial charge in [0.2, 0.25) is 0 Å². The van der Waals surface area contributed by atoms with Crippen molar-refractivity contribution < 1.29 is 24.0 Å². The van der Waals surface area contributed by atoms with Crippen LogP contribution < -0.4 is 25.0 Å². The highest BCUT2D eigenvalue weighted by Gasteiger charge is 2.19. The van der Waals surface area contributed by atoms with Crippen LogP contribution in [0.25, 0.3) is 0 Å². The van der Waals surface area contributed by atoms with Gasteiger partial charge in [0.25, 0.3) is 11.8 Å². The van der Waals surface area contributed by atoms with E-state index in [1.165, 1.54) is 7.11 Å². The van der Waals surface area contributed by atoms with Gasteiger partial charge in [-0.05, 0) is 32.9 Å². The summed E-state index contributed by atoms with van der Waals surface area (Å²) in [5.74, 6) is 0.881. The summed E-state index contributed by atoms with van der Waals surface area (Å²) >= 11 is 0. The van der Waals surface area contributed by atoms with E-state index in [1.807, 2.05) is 20.8 Å². The Kier molecular flexibility index (Phi) is 7.03. The third-order valence-electron chi connectivity index (χ3n) is 3.12. The number of hydrogen-bond donors (Lipinski definition) is 3. The molecule has 1 aromatic carbocycles. The van der Waals surface area contributed by atoms with Gasteiger partial charge in [-0.2, -0.15) is 0 Å². The number of hydrogen-bond acceptors (Lipinski definition) is 4. The molecule has 0 radical (unpaired) electrons. The molecular formula is C17H28N3O4+. The van der Waals surface area contributed by atoms with Crippen molar-refractivity contribution in [1.29, 1.82) is 0 Å². The lowest BCUT2D eigenvalue weighted by Gasteiger charge is -2.21. The normalized spacial score (nSPS) is 12.2. The average molecular weight is 338 g/mol. The molecule has 7 nitrogen and oxygen atoms in total. The summed E-state index contributed by atoms with van der Waals surface area (Å²) in [7, 11) is 4.89. The summed E-state index contributed by atoms with van der Waals surface area (Å²) in [4.78, 5) is 24.8. The molecule has 1 atom stereocenters. The summed E-state index contributed by atoms with van der Waals surface area (Å²) < 4.78 is 10.4. The van der Waals surface area contributed by atoms with E-state index in [1.54, 1.807) is 32.4 Å². The molecular weight excluding hydrogens is 310 g/mol. The quantitative estimate of drug-likeness (QED) is 0.657. The van der Waals surface area contributed by atoms with Crippen LogP contribution in [0.2, 0.25) is 0 Å². The minimum atomic E-state index is -0.282. The molecule has 0 fully saturated rings. The fourth-order valence-electron chi connectivity index (χ4n) is 2.17. The monoisotopic (exact) mass is 338 g/mol. The van der Waals surface area contributed by atoms with Gasteiger partial charge in [0, 0.05) is 11.6 Å². The van der Waals surface area contributed by atoms with E-state index >= 15 is 0 Å². The summed E-state index contributed by atoms with van der Waals surface area (Å²) in [6.45, 7) is 6.16. The van der Waals surface area contributed by atoms with Gasteiger partial charge in [-0.1, -0.05) is 0 Å². The maximum absolute atomic E-state index is 12.2. The van der Waals surface area contributed by atoms with Crippen molar-refractivity contribution in [2.75, 3.05) is 39.7 Å². The molecule has 0 saturated heterocycles. The van der Waals surface area contributed by atoms with Crippen molar-refractivity contribution in [2.24, 2.45) is 0 Å². The second-order valence-electron chi connectivity index (χ2n) is 6.72. The Morgan fingerprint density at radius 2 is 1.71 bits per heavy atom. The number of carbonyl (C=O) groups is 2. The predicted molar refractivity (Wildman–Crippen MR) is 92.7 cm³/mol. The Balaban J connectivity index is 2.58. The molecule has 134 valence electrons. The molecule has 1 aromatic rings. The molecule has 0 aromatic heterocycles. The molecule has 0 heterocycles. The molecule has 1 rings (SSSR count). The first-order chi connectivity index (χ1) is 11.1. The van der Waals surface area contributed by atoms with E-state index in [2.05, 4.69) is 10.6 Å². The maximum atomic E-state index is 12.2. The molecule has 0 bridgehead atoms. The topological polar surface area (TPSA) is 81.1 Å². The molecule has 1 unspecified atom stereocenters. The third-order valence-corrected chi connectivity index (χ3v) is 3.12. The van der Waals surface area contributed by atoms with Crippen LogP contribution in [0.5, 0.6) is 11.5 Å². The van der Waals surface area contributed by atoms with Crippen molar-refractivity contribution >= 4 is 17.5 Å². The van der Waals surface area contributed by atoms with Crippen LogP contribution >= 0.6 is 0 Å². The van der Waals surface area contributed by atoms with Crippen LogP contribution in [0.3, 0.4) is 0 Å². The van der Waals surface area contributed by atoms with Crippen molar-refractivity contribution in [1.82, 2.24) is 5.32 Å². The van der Waals surface area contributed by atoms with Crippen molar-refractivity contribution in [3.05, 3.63) is 18.2 Å². The number of carbonyl (C=O) groups excluding carboxylic acids is 2. The van der Waals surface area contributed by atoms with Crippen molar-refractivity contribution in [3.63, 3.8) is 0 Å². The highest BCUT2D eigenvalue weighted by molar-refractivity contribution is 5.93. The summed E-state index contributed by atoms with van der Waals surface area (Å²) in [5, 5.41) is 5.67. The van der Waals surface area contributed by atoms with E-state index in [4.69, 9.17) is 9.47 Å². The molecule has 2 amide bonds. The van der Waals surface area contributed by atoms with Crippen LogP contribution in [-0.4, -0.2) is 51.7 Å². The predicted octanol–water partition coefficient (Wildman–Crippen LogP) is 0.0717. The Hall–Kier alpha value is -2.28. The largest absolute Gasteiger partial charge is 0.497 e. The Bertz CT molecular complexity index is 582. The number of ether oxygens (including phenoxy) is 2. The smallest absolute Gasteiger partial charge is 0.279 e. The van der Waals surface area contributed by atoms with E-state index in [9.17, 15) is 9.59 Å². The number of anilines is 1. The number of methoxy groups -OCH3 is 2. The van der Waals surface area contributed by atoms with Gasteiger partial charge in [0.05, 0.1) is 27.0 Å². The van der Waals surface area contributed by atoms with E-state index < -0.39 is 0 Å². The molecule has 24 heavy (non-hydrogen) atoms. The van der Waals surface area contributed by atoms with Gasteiger partial charge in [0.1, 0.15) is 11.5 Å². The van der Waals surface area contributed by atoms with Gasteiger partial charge in [-0.25, -0.2) is 0 Å². The average Bonchev–Trinajstić information content (AvgIpc) is 2.45. The molecule has 0 saturated carbocycles. The zero-order valence-corrected chi connectivity index (χ0v) is 15.3. The van der Waals surface area contributed by atoms with Crippen LogP contribution in [0, 0.1) is 0 Å². The van der Waals surface area contributed by atoms with Gasteiger partial charge in [0.15, 0.2) is 13.1 Å². The molecule has 0 aliphatic heterocycles. The van der Waals surface area contributed by atoms with E-state index in [-0.39, 0.29) is 30.4 Å². The standard InChI is InChI=1S/C17H27N3O4/c1-17(2,3)19-16(22)11-20(4)10-15(21)18-13-8-7-12(23-5)9-14(13)24-6/h7-9H,10-11H2,1-6H3,(H,18,21)(H,19,22)/p+1. The first-order valence-electron chi connectivity index (χ1n) is 7.79. The lowest BCUT2D eigenvalue weighted by Crippen LogP contribution is -3.11. The first kappa shape index (κ1) is 19.8. The molecule has 0 aliphatic carbocycles. The number of benzene rings is 1. The molecule has 0 spiro atoms. The third kappa shape index (κ3) is 6.87. The summed E-state index contributed by atoms with van der Waals surface area (Å²) in [6.07, 6.45) is 0.